The number of ketones is 1. The third-order valence-corrected chi connectivity index (χ3v) is 9.19. The number of carbonyl (C=O) groups is 2. The zero-order chi connectivity index (χ0) is 25.2. The Bertz CT molecular complexity index is 1070. The van der Waals surface area contributed by atoms with Crippen molar-refractivity contribution in [1.82, 2.24) is 0 Å². The van der Waals surface area contributed by atoms with Crippen LogP contribution in [0.25, 0.3) is 6.08 Å². The van der Waals surface area contributed by atoms with Crippen molar-refractivity contribution in [2.24, 2.45) is 29.1 Å². The van der Waals surface area contributed by atoms with Crippen LogP contribution in [0.5, 0.6) is 0 Å². The van der Waals surface area contributed by atoms with Crippen LogP contribution in [0.3, 0.4) is 0 Å². The molecule has 6 heteroatoms. The molecule has 1 aromatic rings. The van der Waals surface area contributed by atoms with E-state index in [1.54, 1.807) is 6.08 Å². The number of hydrogen-bond acceptors (Lipinski definition) is 6. The van der Waals surface area contributed by atoms with Gasteiger partial charge in [-0.3, -0.25) is 4.79 Å². The Kier molecular flexibility index (Phi) is 5.86. The number of hydrogen-bond donors (Lipinski definition) is 2. The van der Waals surface area contributed by atoms with E-state index in [4.69, 9.17) is 9.47 Å². The number of aliphatic hydroxyl groups excluding tert-OH is 2. The molecule has 2 unspecified atom stereocenters. The molecule has 5 rings (SSSR count). The molecule has 3 fully saturated rings. The molecular weight excluding hydrogens is 444 g/mol. The minimum Gasteiger partial charge on any atom is -0.447 e. The van der Waals surface area contributed by atoms with Crippen molar-refractivity contribution >= 4 is 17.8 Å². The van der Waals surface area contributed by atoms with Crippen LogP contribution in [0.4, 0.5) is 0 Å². The van der Waals surface area contributed by atoms with Gasteiger partial charge in [-0.1, -0.05) is 57.2 Å². The number of esters is 1. The molecule has 0 spiro atoms. The number of ether oxygens (including phenoxy) is 2. The normalized spacial score (nSPS) is 43.3. The number of fused-ring (bicyclic) bond motifs is 4. The summed E-state index contributed by atoms with van der Waals surface area (Å²) in [5.41, 5.74) is -0.929. The Balaban J connectivity index is 1.55. The number of rotatable bonds is 4. The minimum absolute atomic E-state index is 0.0325. The molecule has 0 bridgehead atoms. The number of allylic oxidation sites excluding steroid dienone is 1. The Labute approximate surface area is 207 Å². The molecule has 1 aromatic carbocycles. The molecule has 1 aliphatic heterocycles. The van der Waals surface area contributed by atoms with Crippen molar-refractivity contribution < 1.29 is 29.3 Å². The second kappa shape index (κ2) is 8.39. The van der Waals surface area contributed by atoms with Crippen LogP contribution in [0.15, 0.2) is 48.1 Å². The summed E-state index contributed by atoms with van der Waals surface area (Å²) < 4.78 is 12.3. The molecule has 1 heterocycles. The molecule has 188 valence electrons. The molecule has 8 atom stereocenters. The standard InChI is InChI=1S/C29H36O6/c1-17-15-29(34-22(31)11-10-18-8-6-5-7-9-18)23(24(17)32)26-28(4,35-26)13-12-20-21(27(20,2)3)14-19(16-30)25(29)33/h5-11,14,17,20-21,23-24,26,30,32H,12-13,15-16H2,1-4H3/b11-10+,19-14-/t17-,20-,21+,23+,24-,26?,28?,29+/m0/s1. The SMILES string of the molecule is C[C@H]1C[C@]2(OC(=O)/C=C/c3ccccc3)C(=O)/C(CO)=C\[C@@H]3[C@H](CCC4(C)OC4[C@H]2[C@H]1O)C3(C)C. The van der Waals surface area contributed by atoms with Gasteiger partial charge < -0.3 is 19.7 Å². The molecule has 1 saturated heterocycles. The monoisotopic (exact) mass is 480 g/mol. The van der Waals surface area contributed by atoms with E-state index in [-0.39, 0.29) is 29.2 Å². The smallest absolute Gasteiger partial charge is 0.331 e. The maximum Gasteiger partial charge on any atom is 0.331 e. The first-order chi connectivity index (χ1) is 16.5. The highest BCUT2D eigenvalue weighted by Crippen LogP contribution is 2.64. The summed E-state index contributed by atoms with van der Waals surface area (Å²) in [4.78, 5) is 27.3. The highest BCUT2D eigenvalue weighted by atomic mass is 16.6. The third-order valence-electron chi connectivity index (χ3n) is 9.19. The average molecular weight is 481 g/mol. The van der Waals surface area contributed by atoms with Crippen molar-refractivity contribution in [1.29, 1.82) is 0 Å². The number of benzene rings is 1. The van der Waals surface area contributed by atoms with Crippen LogP contribution < -0.4 is 0 Å². The van der Waals surface area contributed by atoms with Gasteiger partial charge in [-0.15, -0.1) is 0 Å². The number of Topliss-reactive ketones (excluding diaryl/α,β-unsaturated/α-hetero) is 1. The van der Waals surface area contributed by atoms with Gasteiger partial charge in [0.1, 0.15) is 0 Å². The lowest BCUT2D eigenvalue weighted by molar-refractivity contribution is -0.168. The quantitative estimate of drug-likeness (QED) is 0.388. The molecule has 4 aliphatic rings. The van der Waals surface area contributed by atoms with Gasteiger partial charge in [0.05, 0.1) is 30.3 Å². The maximum absolute atomic E-state index is 14.2. The van der Waals surface area contributed by atoms with E-state index in [9.17, 15) is 19.8 Å². The van der Waals surface area contributed by atoms with Gasteiger partial charge >= 0.3 is 5.97 Å². The van der Waals surface area contributed by atoms with Crippen LogP contribution in [0, 0.1) is 29.1 Å². The Morgan fingerprint density at radius 2 is 1.94 bits per heavy atom. The molecule has 0 aromatic heterocycles. The Morgan fingerprint density at radius 1 is 1.23 bits per heavy atom. The highest BCUT2D eigenvalue weighted by molar-refractivity contribution is 6.04. The largest absolute Gasteiger partial charge is 0.447 e. The summed E-state index contributed by atoms with van der Waals surface area (Å²) in [5.74, 6) is -1.45. The predicted octanol–water partition coefficient (Wildman–Crippen LogP) is 3.71. The van der Waals surface area contributed by atoms with E-state index in [0.29, 0.717) is 5.92 Å². The fourth-order valence-corrected chi connectivity index (χ4v) is 6.84. The van der Waals surface area contributed by atoms with E-state index in [1.165, 1.54) is 6.08 Å². The van der Waals surface area contributed by atoms with E-state index in [1.807, 2.05) is 50.3 Å². The molecule has 2 N–H and O–H groups in total. The van der Waals surface area contributed by atoms with Crippen LogP contribution in [-0.2, 0) is 19.1 Å². The Morgan fingerprint density at radius 3 is 2.63 bits per heavy atom. The van der Waals surface area contributed by atoms with E-state index < -0.39 is 47.7 Å². The molecule has 35 heavy (non-hydrogen) atoms. The summed E-state index contributed by atoms with van der Waals surface area (Å²) >= 11 is 0. The van der Waals surface area contributed by atoms with Crippen LogP contribution in [0.2, 0.25) is 0 Å². The molecule has 6 nitrogen and oxygen atoms in total. The van der Waals surface area contributed by atoms with E-state index in [0.717, 1.165) is 18.4 Å². The molecule has 0 amide bonds. The summed E-state index contributed by atoms with van der Waals surface area (Å²) in [6, 6.07) is 9.38. The first-order valence-corrected chi connectivity index (χ1v) is 12.7. The lowest BCUT2D eigenvalue weighted by Gasteiger charge is -2.34. The molecule has 3 aliphatic carbocycles. The van der Waals surface area contributed by atoms with Gasteiger partial charge in [0.25, 0.3) is 0 Å². The summed E-state index contributed by atoms with van der Waals surface area (Å²) in [6.07, 6.45) is 5.56. The second-order valence-electron chi connectivity index (χ2n) is 11.8. The van der Waals surface area contributed by atoms with Crippen molar-refractivity contribution in [2.45, 2.75) is 70.4 Å². The van der Waals surface area contributed by atoms with Gasteiger partial charge in [0, 0.05) is 18.1 Å². The topological polar surface area (TPSA) is 96.4 Å². The van der Waals surface area contributed by atoms with Gasteiger partial charge in [-0.2, -0.15) is 0 Å². The summed E-state index contributed by atoms with van der Waals surface area (Å²) in [5, 5.41) is 21.5. The van der Waals surface area contributed by atoms with Crippen molar-refractivity contribution in [3.8, 4) is 0 Å². The molecule has 2 saturated carbocycles. The first-order valence-electron chi connectivity index (χ1n) is 12.7. The maximum atomic E-state index is 14.2. The summed E-state index contributed by atoms with van der Waals surface area (Å²) in [6.45, 7) is 7.84. The average Bonchev–Trinajstić information content (AvgIpc) is 3.60. The van der Waals surface area contributed by atoms with Crippen molar-refractivity contribution in [3.05, 3.63) is 53.6 Å². The summed E-state index contributed by atoms with van der Waals surface area (Å²) in [7, 11) is 0. The zero-order valence-electron chi connectivity index (χ0n) is 20.9. The first kappa shape index (κ1) is 24.4. The highest BCUT2D eigenvalue weighted by Gasteiger charge is 2.71. The van der Waals surface area contributed by atoms with Crippen LogP contribution in [-0.4, -0.2) is 52.0 Å². The predicted molar refractivity (Wildman–Crippen MR) is 131 cm³/mol. The lowest BCUT2D eigenvalue weighted by atomic mass is 9.77. The number of aliphatic hydroxyl groups is 2. The zero-order valence-corrected chi connectivity index (χ0v) is 20.9. The van der Waals surface area contributed by atoms with Crippen LogP contribution >= 0.6 is 0 Å². The molecular formula is C29H36O6. The third kappa shape index (κ3) is 4.00. The fourth-order valence-electron chi connectivity index (χ4n) is 6.84. The number of carbonyl (C=O) groups excluding carboxylic acids is 2. The minimum atomic E-state index is -1.59. The van der Waals surface area contributed by atoms with Gasteiger partial charge in [0.15, 0.2) is 5.60 Å². The molecule has 0 radical (unpaired) electrons. The van der Waals surface area contributed by atoms with Crippen molar-refractivity contribution in [3.63, 3.8) is 0 Å². The van der Waals surface area contributed by atoms with Crippen LogP contribution in [0.1, 0.15) is 52.5 Å². The van der Waals surface area contributed by atoms with Gasteiger partial charge in [-0.05, 0) is 54.6 Å². The van der Waals surface area contributed by atoms with Crippen molar-refractivity contribution in [2.75, 3.05) is 6.61 Å². The number of epoxide rings is 1. The van der Waals surface area contributed by atoms with E-state index in [2.05, 4.69) is 13.8 Å². The Hall–Kier alpha value is -2.28. The fraction of sp³-hybridized carbons (Fsp3) is 0.586. The van der Waals surface area contributed by atoms with Gasteiger partial charge in [-0.25, -0.2) is 4.79 Å². The van der Waals surface area contributed by atoms with E-state index >= 15 is 0 Å². The second-order valence-corrected chi connectivity index (χ2v) is 11.8. The lowest BCUT2D eigenvalue weighted by Crippen LogP contribution is -2.52. The van der Waals surface area contributed by atoms with Gasteiger partial charge in [0.2, 0.25) is 5.78 Å².